The number of amides is 1. The molecule has 6 nitrogen and oxygen atoms in total. The van der Waals surface area contributed by atoms with Crippen molar-refractivity contribution in [3.05, 3.63) is 66.7 Å². The predicted octanol–water partition coefficient (Wildman–Crippen LogP) is 3.21. The van der Waals surface area contributed by atoms with Crippen LogP contribution in [0.25, 0.3) is 0 Å². The van der Waals surface area contributed by atoms with Gasteiger partial charge in [-0.3, -0.25) is 4.79 Å². The van der Waals surface area contributed by atoms with Crippen LogP contribution in [0.1, 0.15) is 12.5 Å². The third-order valence-corrected chi connectivity index (χ3v) is 5.62. The smallest absolute Gasteiger partial charge is 0.243 e. The number of hydrogen-bond donors (Lipinski definition) is 1. The summed E-state index contributed by atoms with van der Waals surface area (Å²) in [5.41, 5.74) is 1.61. The van der Waals surface area contributed by atoms with Crippen molar-refractivity contribution in [1.29, 1.82) is 0 Å². The number of sulfonamides is 1. The topological polar surface area (TPSA) is 75.7 Å². The average Bonchev–Trinajstić information content (AvgIpc) is 2.61. The summed E-state index contributed by atoms with van der Waals surface area (Å²) in [6.45, 7) is 7.58. The van der Waals surface area contributed by atoms with Crippen LogP contribution in [0.2, 0.25) is 0 Å². The number of anilines is 1. The average molecular weight is 388 g/mol. The first kappa shape index (κ1) is 20.7. The second-order valence-electron chi connectivity index (χ2n) is 6.02. The molecule has 1 amide bonds. The fourth-order valence-corrected chi connectivity index (χ4v) is 3.88. The summed E-state index contributed by atoms with van der Waals surface area (Å²) in [6, 6.07) is 13.6. The number of benzene rings is 2. The molecule has 0 heterocycles. The molecule has 27 heavy (non-hydrogen) atoms. The van der Waals surface area contributed by atoms with E-state index in [1.165, 1.54) is 29.4 Å². The van der Waals surface area contributed by atoms with Crippen molar-refractivity contribution in [2.45, 2.75) is 18.7 Å². The lowest BCUT2D eigenvalue weighted by Crippen LogP contribution is -2.34. The zero-order chi connectivity index (χ0) is 19.9. The molecule has 0 saturated carbocycles. The molecule has 0 aliphatic heterocycles. The van der Waals surface area contributed by atoms with Crippen molar-refractivity contribution in [1.82, 2.24) is 4.31 Å². The summed E-state index contributed by atoms with van der Waals surface area (Å²) in [7, 11) is -3.70. The van der Waals surface area contributed by atoms with E-state index in [0.29, 0.717) is 11.4 Å². The third kappa shape index (κ3) is 5.94. The van der Waals surface area contributed by atoms with Crippen molar-refractivity contribution >= 4 is 21.6 Å². The zero-order valence-electron chi connectivity index (χ0n) is 15.5. The van der Waals surface area contributed by atoms with Gasteiger partial charge in [-0.1, -0.05) is 18.2 Å². The summed E-state index contributed by atoms with van der Waals surface area (Å²) in [4.78, 5) is 11.2. The molecule has 0 aliphatic carbocycles. The molecule has 0 spiro atoms. The summed E-state index contributed by atoms with van der Waals surface area (Å²) >= 11 is 0. The second kappa shape index (κ2) is 9.34. The second-order valence-corrected chi connectivity index (χ2v) is 7.96. The lowest BCUT2D eigenvalue weighted by molar-refractivity contribution is -0.114. The van der Waals surface area contributed by atoms with Crippen LogP contribution in [-0.4, -0.2) is 38.3 Å². The van der Waals surface area contributed by atoms with Gasteiger partial charge in [0.15, 0.2) is 0 Å². The van der Waals surface area contributed by atoms with Gasteiger partial charge in [0.25, 0.3) is 0 Å². The number of aryl methyl sites for hydroxylation is 1. The van der Waals surface area contributed by atoms with E-state index in [-0.39, 0.29) is 30.5 Å². The maximum atomic E-state index is 12.9. The van der Waals surface area contributed by atoms with Gasteiger partial charge in [0.2, 0.25) is 15.9 Å². The predicted molar refractivity (Wildman–Crippen MR) is 106 cm³/mol. The van der Waals surface area contributed by atoms with Crippen molar-refractivity contribution in [3.8, 4) is 5.75 Å². The molecule has 144 valence electrons. The minimum Gasteiger partial charge on any atom is -0.492 e. The van der Waals surface area contributed by atoms with Gasteiger partial charge in [-0.05, 0) is 48.9 Å². The maximum Gasteiger partial charge on any atom is 0.243 e. The van der Waals surface area contributed by atoms with Crippen molar-refractivity contribution in [2.24, 2.45) is 0 Å². The van der Waals surface area contributed by atoms with E-state index < -0.39 is 10.0 Å². The zero-order valence-corrected chi connectivity index (χ0v) is 16.3. The molecule has 2 aromatic rings. The van der Waals surface area contributed by atoms with E-state index in [1.807, 2.05) is 31.2 Å². The van der Waals surface area contributed by atoms with E-state index in [1.54, 1.807) is 12.1 Å². The highest BCUT2D eigenvalue weighted by Gasteiger charge is 2.23. The van der Waals surface area contributed by atoms with Crippen molar-refractivity contribution < 1.29 is 17.9 Å². The van der Waals surface area contributed by atoms with Crippen molar-refractivity contribution in [3.63, 3.8) is 0 Å². The Morgan fingerprint density at radius 3 is 2.52 bits per heavy atom. The number of nitrogens with zero attached hydrogens (tertiary/aromatic N) is 1. The van der Waals surface area contributed by atoms with Crippen LogP contribution in [0.3, 0.4) is 0 Å². The molecular formula is C20H24N2O4S. The molecule has 7 heteroatoms. The summed E-state index contributed by atoms with van der Waals surface area (Å²) in [6.07, 6.45) is 1.54. The Bertz CT molecular complexity index is 892. The molecule has 0 radical (unpaired) electrons. The summed E-state index contributed by atoms with van der Waals surface area (Å²) in [5, 5.41) is 2.61. The Morgan fingerprint density at radius 1 is 1.22 bits per heavy atom. The van der Waals surface area contributed by atoms with Gasteiger partial charge in [-0.2, -0.15) is 4.31 Å². The van der Waals surface area contributed by atoms with E-state index in [9.17, 15) is 13.2 Å². The Hall–Kier alpha value is -2.64. The first-order valence-corrected chi connectivity index (χ1v) is 9.95. The van der Waals surface area contributed by atoms with Crippen LogP contribution < -0.4 is 10.1 Å². The van der Waals surface area contributed by atoms with Crippen molar-refractivity contribution in [2.75, 3.05) is 25.0 Å². The molecule has 0 aromatic heterocycles. The van der Waals surface area contributed by atoms with Gasteiger partial charge in [-0.15, -0.1) is 6.58 Å². The SMILES string of the molecule is C=CCN(CCOc1cccc(C)c1)S(=O)(=O)c1ccc(NC(C)=O)cc1. The Morgan fingerprint density at radius 2 is 1.93 bits per heavy atom. The normalized spacial score (nSPS) is 11.2. The lowest BCUT2D eigenvalue weighted by Gasteiger charge is -2.21. The van der Waals surface area contributed by atoms with Crippen LogP contribution >= 0.6 is 0 Å². The molecule has 0 fully saturated rings. The molecule has 0 atom stereocenters. The van der Waals surface area contributed by atoms with Gasteiger partial charge in [0, 0.05) is 25.7 Å². The number of rotatable bonds is 9. The first-order chi connectivity index (χ1) is 12.8. The van der Waals surface area contributed by atoms with Gasteiger partial charge in [-0.25, -0.2) is 8.42 Å². The molecule has 0 bridgehead atoms. The standard InChI is InChI=1S/C20H24N2O4S/c1-4-12-22(13-14-26-19-7-5-6-16(2)15-19)27(24,25)20-10-8-18(9-11-20)21-17(3)23/h4-11,15H,1,12-14H2,2-3H3,(H,21,23). The molecule has 0 saturated heterocycles. The number of carbonyl (C=O) groups is 1. The van der Waals surface area contributed by atoms with Gasteiger partial charge >= 0.3 is 0 Å². The van der Waals surface area contributed by atoms with Crippen LogP contribution in [0.15, 0.2) is 66.1 Å². The lowest BCUT2D eigenvalue weighted by atomic mass is 10.2. The Balaban J connectivity index is 2.08. The Labute approximate surface area is 160 Å². The molecule has 2 aromatic carbocycles. The highest BCUT2D eigenvalue weighted by atomic mass is 32.2. The van der Waals surface area contributed by atoms with Crippen LogP contribution in [0, 0.1) is 6.92 Å². The monoisotopic (exact) mass is 388 g/mol. The maximum absolute atomic E-state index is 12.9. The quantitative estimate of drug-likeness (QED) is 0.669. The molecule has 0 aliphatic rings. The highest BCUT2D eigenvalue weighted by molar-refractivity contribution is 7.89. The van der Waals surface area contributed by atoms with Crippen LogP contribution in [0.5, 0.6) is 5.75 Å². The van der Waals surface area contributed by atoms with Gasteiger partial charge < -0.3 is 10.1 Å². The summed E-state index contributed by atoms with van der Waals surface area (Å²) in [5.74, 6) is 0.484. The van der Waals surface area contributed by atoms with E-state index >= 15 is 0 Å². The number of nitrogens with one attached hydrogen (secondary N) is 1. The fraction of sp³-hybridized carbons (Fsp3) is 0.250. The molecule has 0 unspecified atom stereocenters. The molecule has 1 N–H and O–H groups in total. The number of hydrogen-bond acceptors (Lipinski definition) is 4. The largest absolute Gasteiger partial charge is 0.492 e. The highest BCUT2D eigenvalue weighted by Crippen LogP contribution is 2.19. The third-order valence-electron chi connectivity index (χ3n) is 3.74. The molecule has 2 rings (SSSR count). The minimum atomic E-state index is -3.70. The van der Waals surface area contributed by atoms with E-state index in [2.05, 4.69) is 11.9 Å². The van der Waals surface area contributed by atoms with Crippen LogP contribution in [0.4, 0.5) is 5.69 Å². The molecular weight excluding hydrogens is 364 g/mol. The van der Waals surface area contributed by atoms with Crippen LogP contribution in [-0.2, 0) is 14.8 Å². The minimum absolute atomic E-state index is 0.147. The number of carbonyl (C=O) groups excluding carboxylic acids is 1. The van der Waals surface area contributed by atoms with E-state index in [4.69, 9.17) is 4.74 Å². The Kier molecular flexibility index (Phi) is 7.15. The number of ether oxygens (including phenoxy) is 1. The fourth-order valence-electron chi connectivity index (χ4n) is 2.49. The summed E-state index contributed by atoms with van der Waals surface area (Å²) < 4.78 is 32.8. The van der Waals surface area contributed by atoms with E-state index in [0.717, 1.165) is 5.56 Å². The van der Waals surface area contributed by atoms with Gasteiger partial charge in [0.1, 0.15) is 12.4 Å². The van der Waals surface area contributed by atoms with Gasteiger partial charge in [0.05, 0.1) is 4.90 Å². The first-order valence-electron chi connectivity index (χ1n) is 8.51.